The number of fused-ring (bicyclic) bond motifs is 1. The molecule has 0 spiro atoms. The Morgan fingerprint density at radius 3 is 2.70 bits per heavy atom. The van der Waals surface area contributed by atoms with Crippen molar-refractivity contribution in [2.75, 3.05) is 13.4 Å². The van der Waals surface area contributed by atoms with E-state index in [1.165, 1.54) is 16.8 Å². The number of aromatic amines is 1. The van der Waals surface area contributed by atoms with Gasteiger partial charge in [-0.15, -0.1) is 0 Å². The number of nitrogens with one attached hydrogen (secondary N) is 1. The van der Waals surface area contributed by atoms with Gasteiger partial charge in [-0.05, 0) is 44.0 Å². The van der Waals surface area contributed by atoms with Crippen LogP contribution in [0.3, 0.4) is 0 Å². The van der Waals surface area contributed by atoms with Crippen LogP contribution in [0.2, 0.25) is 0 Å². The first-order chi connectivity index (χ1) is 15.7. The van der Waals surface area contributed by atoms with Gasteiger partial charge in [0.05, 0.1) is 25.0 Å². The van der Waals surface area contributed by atoms with E-state index in [4.69, 9.17) is 14.2 Å². The molecule has 33 heavy (non-hydrogen) atoms. The highest BCUT2D eigenvalue weighted by atomic mass is 32.2. The molecule has 0 saturated heterocycles. The van der Waals surface area contributed by atoms with Gasteiger partial charge < -0.3 is 23.8 Å². The van der Waals surface area contributed by atoms with Crippen LogP contribution in [0.5, 0.6) is 11.5 Å². The number of imidazole rings is 1. The molecule has 10 nitrogen and oxygen atoms in total. The molecule has 2 aromatic heterocycles. The van der Waals surface area contributed by atoms with Crippen molar-refractivity contribution in [1.29, 1.82) is 0 Å². The molecule has 0 saturated carbocycles. The van der Waals surface area contributed by atoms with Crippen LogP contribution in [0, 0.1) is 13.8 Å². The molecule has 176 valence electrons. The normalized spacial score (nSPS) is 13.0. The van der Waals surface area contributed by atoms with E-state index in [1.807, 2.05) is 0 Å². The van der Waals surface area contributed by atoms with E-state index in [9.17, 15) is 13.2 Å². The highest BCUT2D eigenvalue weighted by Gasteiger charge is 2.30. The third-order valence-electron chi connectivity index (χ3n) is 5.44. The number of aromatic nitrogens is 3. The fourth-order valence-corrected chi connectivity index (χ4v) is 5.14. The highest BCUT2D eigenvalue weighted by Crippen LogP contribution is 2.33. The van der Waals surface area contributed by atoms with Gasteiger partial charge in [0.15, 0.2) is 16.5 Å². The lowest BCUT2D eigenvalue weighted by Gasteiger charge is -2.21. The third-order valence-corrected chi connectivity index (χ3v) is 7.11. The molecule has 1 aliphatic heterocycles. The van der Waals surface area contributed by atoms with E-state index in [0.717, 1.165) is 5.56 Å². The molecule has 0 bridgehead atoms. The van der Waals surface area contributed by atoms with Crippen molar-refractivity contribution in [3.63, 3.8) is 0 Å². The molecule has 4 rings (SSSR count). The van der Waals surface area contributed by atoms with Gasteiger partial charge in [0, 0.05) is 31.2 Å². The first-order valence-corrected chi connectivity index (χ1v) is 11.9. The van der Waals surface area contributed by atoms with E-state index in [1.54, 1.807) is 50.6 Å². The predicted octanol–water partition coefficient (Wildman–Crippen LogP) is 2.66. The lowest BCUT2D eigenvalue weighted by molar-refractivity contribution is 0.0525. The number of esters is 1. The minimum absolute atomic E-state index is 0.0133. The SMILES string of the molecule is CCOC(=O)c1c(C)[nH]c(CN(Cc2ccc3c(c2)OCO3)S(=O)(=O)c2cn(C)cn2)c1C. The number of sulfonamides is 1. The maximum Gasteiger partial charge on any atom is 0.340 e. The Hall–Kier alpha value is -3.31. The summed E-state index contributed by atoms with van der Waals surface area (Å²) in [7, 11) is -2.24. The highest BCUT2D eigenvalue weighted by molar-refractivity contribution is 7.89. The summed E-state index contributed by atoms with van der Waals surface area (Å²) in [5.74, 6) is 0.747. The van der Waals surface area contributed by atoms with Crippen LogP contribution in [0.4, 0.5) is 0 Å². The molecule has 0 amide bonds. The fourth-order valence-electron chi connectivity index (χ4n) is 3.78. The van der Waals surface area contributed by atoms with Gasteiger partial charge in [0.1, 0.15) is 0 Å². The number of H-pyrrole nitrogens is 1. The van der Waals surface area contributed by atoms with Gasteiger partial charge in [-0.2, -0.15) is 4.31 Å². The van der Waals surface area contributed by atoms with Crippen molar-refractivity contribution < 1.29 is 27.4 Å². The van der Waals surface area contributed by atoms with Crippen LogP contribution < -0.4 is 9.47 Å². The van der Waals surface area contributed by atoms with Gasteiger partial charge in [0.25, 0.3) is 10.0 Å². The van der Waals surface area contributed by atoms with Crippen molar-refractivity contribution in [1.82, 2.24) is 18.8 Å². The lowest BCUT2D eigenvalue weighted by Crippen LogP contribution is -2.31. The molecular weight excluding hydrogens is 448 g/mol. The van der Waals surface area contributed by atoms with Crippen molar-refractivity contribution in [3.05, 3.63) is 58.8 Å². The van der Waals surface area contributed by atoms with Crippen LogP contribution in [-0.4, -0.2) is 46.6 Å². The summed E-state index contributed by atoms with van der Waals surface area (Å²) in [5.41, 5.74) is 3.03. The number of ether oxygens (including phenoxy) is 3. The second kappa shape index (κ2) is 8.91. The van der Waals surface area contributed by atoms with Gasteiger partial charge in [0.2, 0.25) is 6.79 Å². The molecule has 11 heteroatoms. The lowest BCUT2D eigenvalue weighted by atomic mass is 10.1. The predicted molar refractivity (Wildman–Crippen MR) is 118 cm³/mol. The summed E-state index contributed by atoms with van der Waals surface area (Å²) in [4.78, 5) is 19.6. The first kappa shape index (κ1) is 22.9. The zero-order valence-electron chi connectivity index (χ0n) is 18.9. The minimum Gasteiger partial charge on any atom is -0.462 e. The molecule has 0 radical (unpaired) electrons. The maximum atomic E-state index is 13.5. The Balaban J connectivity index is 1.71. The topological polar surface area (TPSA) is 116 Å². The minimum atomic E-state index is -3.95. The molecule has 1 aliphatic rings. The Bertz CT molecular complexity index is 1290. The number of hydrogen-bond donors (Lipinski definition) is 1. The number of benzene rings is 1. The fraction of sp³-hybridized carbons (Fsp3) is 0.364. The molecular formula is C22H26N4O6S. The Morgan fingerprint density at radius 2 is 2.00 bits per heavy atom. The van der Waals surface area contributed by atoms with Crippen molar-refractivity contribution in [3.8, 4) is 11.5 Å². The maximum absolute atomic E-state index is 13.5. The van der Waals surface area contributed by atoms with Crippen molar-refractivity contribution >= 4 is 16.0 Å². The number of aryl methyl sites for hydroxylation is 2. The molecule has 3 heterocycles. The Labute approximate surface area is 192 Å². The van der Waals surface area contributed by atoms with Crippen LogP contribution in [0.1, 0.15) is 39.8 Å². The van der Waals surface area contributed by atoms with E-state index in [0.29, 0.717) is 34.0 Å². The number of nitrogens with zero attached hydrogens (tertiary/aromatic N) is 3. The zero-order valence-corrected chi connectivity index (χ0v) is 19.7. The third kappa shape index (κ3) is 4.46. The summed E-state index contributed by atoms with van der Waals surface area (Å²) < 4.78 is 45.9. The van der Waals surface area contributed by atoms with Crippen LogP contribution in [0.25, 0.3) is 0 Å². The first-order valence-electron chi connectivity index (χ1n) is 10.4. The second-order valence-corrected chi connectivity index (χ2v) is 9.67. The quantitative estimate of drug-likeness (QED) is 0.499. The monoisotopic (exact) mass is 474 g/mol. The largest absolute Gasteiger partial charge is 0.462 e. The summed E-state index contributed by atoms with van der Waals surface area (Å²) in [5, 5.41) is -0.0581. The Morgan fingerprint density at radius 1 is 1.24 bits per heavy atom. The molecule has 0 aliphatic carbocycles. The van der Waals surface area contributed by atoms with Gasteiger partial charge in [-0.3, -0.25) is 0 Å². The second-order valence-electron chi connectivity index (χ2n) is 7.79. The molecule has 1 aromatic carbocycles. The molecule has 0 unspecified atom stereocenters. The summed E-state index contributed by atoms with van der Waals surface area (Å²) in [6.45, 7) is 5.74. The van der Waals surface area contributed by atoms with E-state index in [2.05, 4.69) is 9.97 Å². The number of hydrogen-bond acceptors (Lipinski definition) is 7. The summed E-state index contributed by atoms with van der Waals surface area (Å²) >= 11 is 0. The summed E-state index contributed by atoms with van der Waals surface area (Å²) in [6.07, 6.45) is 2.90. The van der Waals surface area contributed by atoms with E-state index >= 15 is 0 Å². The van der Waals surface area contributed by atoms with E-state index in [-0.39, 0.29) is 31.5 Å². The van der Waals surface area contributed by atoms with Gasteiger partial charge in [-0.1, -0.05) is 6.07 Å². The average Bonchev–Trinajstić information content (AvgIpc) is 3.47. The van der Waals surface area contributed by atoms with Crippen molar-refractivity contribution in [2.45, 2.75) is 38.9 Å². The standard InChI is InChI=1S/C22H26N4O6S/c1-5-30-22(27)21-14(2)17(24-15(21)3)10-26(33(28,29)20-11-25(4)12-23-20)9-16-6-7-18-19(8-16)32-13-31-18/h6-8,11-12,24H,5,9-10,13H2,1-4H3. The summed E-state index contributed by atoms with van der Waals surface area (Å²) in [6, 6.07) is 5.32. The van der Waals surface area contributed by atoms with Crippen LogP contribution >= 0.6 is 0 Å². The van der Waals surface area contributed by atoms with E-state index < -0.39 is 16.0 Å². The number of rotatable bonds is 8. The number of carbonyl (C=O) groups excluding carboxylic acids is 1. The smallest absolute Gasteiger partial charge is 0.340 e. The molecule has 0 fully saturated rings. The van der Waals surface area contributed by atoms with Gasteiger partial charge in [-0.25, -0.2) is 18.2 Å². The number of carbonyl (C=O) groups is 1. The van der Waals surface area contributed by atoms with Crippen molar-refractivity contribution in [2.24, 2.45) is 7.05 Å². The Kier molecular flexibility index (Phi) is 6.17. The molecule has 0 atom stereocenters. The molecule has 1 N–H and O–H groups in total. The molecule has 3 aromatic rings. The van der Waals surface area contributed by atoms with Crippen LogP contribution in [0.15, 0.2) is 35.7 Å². The van der Waals surface area contributed by atoms with Crippen LogP contribution in [-0.2, 0) is 34.9 Å². The zero-order chi connectivity index (χ0) is 23.8. The van der Waals surface area contributed by atoms with Gasteiger partial charge >= 0.3 is 5.97 Å². The average molecular weight is 475 g/mol.